The third-order valence-corrected chi connectivity index (χ3v) is 5.69. The van der Waals surface area contributed by atoms with Crippen molar-refractivity contribution in [3.05, 3.63) is 11.5 Å². The fraction of sp³-hybridized carbons (Fsp3) is 0.714. The van der Waals surface area contributed by atoms with Gasteiger partial charge in [-0.05, 0) is 39.5 Å². The summed E-state index contributed by atoms with van der Waals surface area (Å²) in [4.78, 5) is 14.2. The van der Waals surface area contributed by atoms with E-state index in [2.05, 4.69) is 16.8 Å². The predicted molar refractivity (Wildman–Crippen MR) is 80.7 cm³/mol. The molecular formula is C14H23N3O4S. The van der Waals surface area contributed by atoms with Crippen LogP contribution in [0, 0.1) is 19.8 Å². The molecule has 0 spiro atoms. The Labute approximate surface area is 131 Å². The lowest BCUT2D eigenvalue weighted by Gasteiger charge is -2.32. The van der Waals surface area contributed by atoms with Crippen molar-refractivity contribution in [2.24, 2.45) is 5.92 Å². The number of carbonyl (C=O) groups excluding carboxylic acids is 1. The zero-order valence-corrected chi connectivity index (χ0v) is 14.2. The molecule has 2 heterocycles. The minimum atomic E-state index is -3.83. The van der Waals surface area contributed by atoms with E-state index < -0.39 is 16.1 Å². The van der Waals surface area contributed by atoms with Crippen LogP contribution < -0.4 is 4.72 Å². The van der Waals surface area contributed by atoms with Crippen LogP contribution in [-0.2, 0) is 14.8 Å². The molecule has 1 aromatic heterocycles. The lowest BCUT2D eigenvalue weighted by Crippen LogP contribution is -2.49. The van der Waals surface area contributed by atoms with Crippen molar-refractivity contribution in [3.8, 4) is 0 Å². The minimum Gasteiger partial charge on any atom is -0.360 e. The molecule has 2 rings (SSSR count). The minimum absolute atomic E-state index is 0.0131. The number of likely N-dealkylation sites (tertiary alicyclic amines) is 1. The van der Waals surface area contributed by atoms with Crippen molar-refractivity contribution in [3.63, 3.8) is 0 Å². The molecular weight excluding hydrogens is 306 g/mol. The predicted octanol–water partition coefficient (Wildman–Crippen LogP) is 1.22. The lowest BCUT2D eigenvalue weighted by atomic mass is 10.00. The molecule has 1 aromatic rings. The van der Waals surface area contributed by atoms with E-state index in [1.54, 1.807) is 18.7 Å². The van der Waals surface area contributed by atoms with E-state index in [9.17, 15) is 13.2 Å². The standard InChI is InChI=1S/C14H23N3O4S/c1-9-6-5-7-17(8-9)14(18)11(3)16-22(19,20)13-10(2)15-21-12(13)4/h9,11,16H,5-8H2,1-4H3/t9?,11-/m0/s1. The first-order valence-electron chi connectivity index (χ1n) is 7.46. The first-order valence-corrected chi connectivity index (χ1v) is 8.94. The summed E-state index contributed by atoms with van der Waals surface area (Å²) in [5, 5.41) is 3.64. The molecule has 8 heteroatoms. The van der Waals surface area contributed by atoms with Gasteiger partial charge in [0.1, 0.15) is 10.6 Å². The van der Waals surface area contributed by atoms with Crippen molar-refractivity contribution in [1.82, 2.24) is 14.8 Å². The van der Waals surface area contributed by atoms with Crippen LogP contribution in [0.15, 0.2) is 9.42 Å². The van der Waals surface area contributed by atoms with Gasteiger partial charge in [0, 0.05) is 13.1 Å². The Morgan fingerprint density at radius 3 is 2.68 bits per heavy atom. The van der Waals surface area contributed by atoms with Gasteiger partial charge in [-0.15, -0.1) is 0 Å². The summed E-state index contributed by atoms with van der Waals surface area (Å²) in [6.07, 6.45) is 2.05. The normalized spacial score (nSPS) is 20.9. The number of amides is 1. The van der Waals surface area contributed by atoms with Crippen molar-refractivity contribution < 1.29 is 17.7 Å². The molecule has 7 nitrogen and oxygen atoms in total. The molecule has 1 saturated heterocycles. The number of aryl methyl sites for hydroxylation is 2. The maximum absolute atomic E-state index is 12.4. The number of hydrogen-bond acceptors (Lipinski definition) is 5. The average molecular weight is 329 g/mol. The van der Waals surface area contributed by atoms with Crippen LogP contribution in [0.25, 0.3) is 0 Å². The molecule has 1 amide bonds. The van der Waals surface area contributed by atoms with Crippen LogP contribution in [0.1, 0.15) is 38.1 Å². The quantitative estimate of drug-likeness (QED) is 0.896. The number of aromatic nitrogens is 1. The highest BCUT2D eigenvalue weighted by molar-refractivity contribution is 7.89. The molecule has 2 atom stereocenters. The van der Waals surface area contributed by atoms with Gasteiger partial charge in [0.25, 0.3) is 0 Å². The van der Waals surface area contributed by atoms with Gasteiger partial charge in [-0.1, -0.05) is 12.1 Å². The number of piperidine rings is 1. The van der Waals surface area contributed by atoms with E-state index in [0.717, 1.165) is 12.8 Å². The van der Waals surface area contributed by atoms with E-state index >= 15 is 0 Å². The number of sulfonamides is 1. The summed E-state index contributed by atoms with van der Waals surface area (Å²) in [5.41, 5.74) is 0.288. The molecule has 0 bridgehead atoms. The second-order valence-electron chi connectivity index (χ2n) is 6.03. The second-order valence-corrected chi connectivity index (χ2v) is 7.68. The summed E-state index contributed by atoms with van der Waals surface area (Å²) < 4.78 is 32.2. The molecule has 1 N–H and O–H groups in total. The maximum atomic E-state index is 12.4. The summed E-state index contributed by atoms with van der Waals surface area (Å²) >= 11 is 0. The Kier molecular flexibility index (Phi) is 4.91. The number of carbonyl (C=O) groups is 1. The highest BCUT2D eigenvalue weighted by Crippen LogP contribution is 2.20. The van der Waals surface area contributed by atoms with Gasteiger partial charge < -0.3 is 9.42 Å². The van der Waals surface area contributed by atoms with E-state index in [1.165, 1.54) is 6.92 Å². The molecule has 0 aliphatic carbocycles. The number of nitrogens with zero attached hydrogens (tertiary/aromatic N) is 2. The lowest BCUT2D eigenvalue weighted by molar-refractivity contribution is -0.134. The van der Waals surface area contributed by atoms with Crippen molar-refractivity contribution in [2.45, 2.75) is 51.5 Å². The Balaban J connectivity index is 2.10. The van der Waals surface area contributed by atoms with E-state index in [-0.39, 0.29) is 22.3 Å². The molecule has 1 fully saturated rings. The number of nitrogens with one attached hydrogen (secondary N) is 1. The van der Waals surface area contributed by atoms with Crippen LogP contribution in [0.5, 0.6) is 0 Å². The van der Waals surface area contributed by atoms with Gasteiger partial charge in [-0.25, -0.2) is 8.42 Å². The zero-order chi connectivity index (χ0) is 16.5. The summed E-state index contributed by atoms with van der Waals surface area (Å²) in [6, 6.07) is -0.816. The molecule has 0 aromatic carbocycles. The van der Waals surface area contributed by atoms with Gasteiger partial charge in [0.15, 0.2) is 5.76 Å². The smallest absolute Gasteiger partial charge is 0.246 e. The second kappa shape index (κ2) is 6.37. The SMILES string of the molecule is Cc1noc(C)c1S(=O)(=O)N[C@@H](C)C(=O)N1CCCC(C)C1. The summed E-state index contributed by atoms with van der Waals surface area (Å²) in [7, 11) is -3.83. The van der Waals surface area contributed by atoms with Crippen molar-refractivity contribution >= 4 is 15.9 Å². The van der Waals surface area contributed by atoms with E-state index in [0.29, 0.717) is 19.0 Å². The van der Waals surface area contributed by atoms with E-state index in [4.69, 9.17) is 4.52 Å². The Bertz CT molecular complexity index is 634. The number of hydrogen-bond donors (Lipinski definition) is 1. The summed E-state index contributed by atoms with van der Waals surface area (Å²) in [5.74, 6) is 0.474. The fourth-order valence-corrected chi connectivity index (χ4v) is 4.39. The largest absolute Gasteiger partial charge is 0.360 e. The van der Waals surface area contributed by atoms with Crippen LogP contribution in [0.3, 0.4) is 0 Å². The average Bonchev–Trinajstić information content (AvgIpc) is 2.77. The molecule has 1 aliphatic heterocycles. The molecule has 1 unspecified atom stereocenters. The highest BCUT2D eigenvalue weighted by Gasteiger charge is 2.31. The Morgan fingerprint density at radius 2 is 2.14 bits per heavy atom. The van der Waals surface area contributed by atoms with Crippen LogP contribution in [-0.4, -0.2) is 43.5 Å². The third-order valence-electron chi connectivity index (χ3n) is 3.91. The Morgan fingerprint density at radius 1 is 1.45 bits per heavy atom. The monoisotopic (exact) mass is 329 g/mol. The molecule has 124 valence electrons. The summed E-state index contributed by atoms with van der Waals surface area (Å²) in [6.45, 7) is 8.11. The molecule has 0 radical (unpaired) electrons. The van der Waals surface area contributed by atoms with Crippen LogP contribution in [0.4, 0.5) is 0 Å². The first-order chi connectivity index (χ1) is 10.2. The molecule has 1 aliphatic rings. The van der Waals surface area contributed by atoms with Gasteiger partial charge in [-0.2, -0.15) is 4.72 Å². The van der Waals surface area contributed by atoms with Gasteiger partial charge in [0.2, 0.25) is 15.9 Å². The van der Waals surface area contributed by atoms with Crippen LogP contribution >= 0.6 is 0 Å². The van der Waals surface area contributed by atoms with Crippen molar-refractivity contribution in [2.75, 3.05) is 13.1 Å². The van der Waals surface area contributed by atoms with Crippen molar-refractivity contribution in [1.29, 1.82) is 0 Å². The third kappa shape index (κ3) is 3.49. The van der Waals surface area contributed by atoms with E-state index in [1.807, 2.05) is 0 Å². The van der Waals surface area contributed by atoms with Gasteiger partial charge >= 0.3 is 0 Å². The molecule has 22 heavy (non-hydrogen) atoms. The van der Waals surface area contributed by atoms with Gasteiger partial charge in [-0.3, -0.25) is 4.79 Å². The van der Waals surface area contributed by atoms with Gasteiger partial charge in [0.05, 0.1) is 6.04 Å². The number of rotatable bonds is 4. The Hall–Kier alpha value is -1.41. The molecule has 0 saturated carbocycles. The fourth-order valence-electron chi connectivity index (χ4n) is 2.86. The topological polar surface area (TPSA) is 92.5 Å². The van der Waals surface area contributed by atoms with Crippen LogP contribution in [0.2, 0.25) is 0 Å². The first kappa shape index (κ1) is 17.0. The maximum Gasteiger partial charge on any atom is 0.246 e. The zero-order valence-electron chi connectivity index (χ0n) is 13.4. The highest BCUT2D eigenvalue weighted by atomic mass is 32.2.